The highest BCUT2D eigenvalue weighted by Crippen LogP contribution is 2.30. The first-order valence-electron chi connectivity index (χ1n) is 10.6. The van der Waals surface area contributed by atoms with Gasteiger partial charge in [0.15, 0.2) is 0 Å². The van der Waals surface area contributed by atoms with Crippen molar-refractivity contribution in [1.82, 2.24) is 0 Å². The summed E-state index contributed by atoms with van der Waals surface area (Å²) >= 11 is 3.29. The predicted molar refractivity (Wildman–Crippen MR) is 141 cm³/mol. The Labute approximate surface area is 220 Å². The molecular formula is C26H16BrN3O6S. The number of carbonyl (C=O) groups is 1. The first kappa shape index (κ1) is 25.6. The number of anilines is 1. The highest BCUT2D eigenvalue weighted by atomic mass is 79.9. The molecule has 4 rings (SSSR count). The van der Waals surface area contributed by atoms with Crippen molar-refractivity contribution in [2.75, 3.05) is 5.32 Å². The lowest BCUT2D eigenvalue weighted by Crippen LogP contribution is -2.14. The summed E-state index contributed by atoms with van der Waals surface area (Å²) in [5.41, 5.74) is 0.0888. The first-order chi connectivity index (χ1) is 17.7. The molecule has 0 bridgehead atoms. The molecule has 9 nitrogen and oxygen atoms in total. The third-order valence-electron chi connectivity index (χ3n) is 5.21. The van der Waals surface area contributed by atoms with Gasteiger partial charge in [0.1, 0.15) is 22.3 Å². The smallest absolute Gasteiger partial charge is 0.339 e. The number of halogens is 1. The average molecular weight is 578 g/mol. The number of fused-ring (bicyclic) bond motifs is 1. The second kappa shape index (κ2) is 10.6. The van der Waals surface area contributed by atoms with Crippen molar-refractivity contribution < 1.29 is 22.3 Å². The topological polar surface area (TPSA) is 139 Å². The minimum absolute atomic E-state index is 0.143. The summed E-state index contributed by atoms with van der Waals surface area (Å²) in [6, 6.07) is 23.2. The van der Waals surface area contributed by atoms with E-state index in [2.05, 4.69) is 21.2 Å². The maximum Gasteiger partial charge on any atom is 0.339 e. The van der Waals surface area contributed by atoms with Crippen molar-refractivity contribution in [3.63, 3.8) is 0 Å². The molecule has 0 aliphatic carbocycles. The fraction of sp³-hybridized carbons (Fsp3) is 0. The summed E-state index contributed by atoms with van der Waals surface area (Å²) in [4.78, 5) is 22.9. The summed E-state index contributed by atoms with van der Waals surface area (Å²) in [5, 5.41) is 25.0. The number of benzene rings is 4. The van der Waals surface area contributed by atoms with Crippen LogP contribution in [0.4, 0.5) is 11.4 Å². The predicted octanol–water partition coefficient (Wildman–Crippen LogP) is 5.82. The Kier molecular flexibility index (Phi) is 7.33. The number of nitriles is 1. The van der Waals surface area contributed by atoms with Crippen molar-refractivity contribution in [3.05, 3.63) is 111 Å². The number of hydrogen-bond donors (Lipinski definition) is 1. The van der Waals surface area contributed by atoms with Crippen LogP contribution >= 0.6 is 15.9 Å². The normalized spacial score (nSPS) is 11.5. The third-order valence-corrected chi connectivity index (χ3v) is 6.95. The summed E-state index contributed by atoms with van der Waals surface area (Å²) in [6.45, 7) is 0. The standard InChI is InChI=1S/C26H16BrN3O6S/c27-20-8-13-25(36-37(34,35)22-11-9-21(10-12-22)30(32)33)18(15-20)14-19(16-28)26(31)29-24-7-3-5-17-4-1-2-6-23(17)24/h1-15H,(H,29,31)/b19-14+. The first-order valence-corrected chi connectivity index (χ1v) is 12.8. The number of carbonyl (C=O) groups excluding carboxylic acids is 1. The van der Waals surface area contributed by atoms with E-state index in [0.29, 0.717) is 10.2 Å². The molecular weight excluding hydrogens is 562 g/mol. The van der Waals surface area contributed by atoms with Gasteiger partial charge in [0.25, 0.3) is 11.6 Å². The van der Waals surface area contributed by atoms with Crippen LogP contribution in [0.15, 0.2) is 99.9 Å². The van der Waals surface area contributed by atoms with Gasteiger partial charge in [0.05, 0.1) is 4.92 Å². The van der Waals surface area contributed by atoms with E-state index in [1.807, 2.05) is 36.4 Å². The van der Waals surface area contributed by atoms with Crippen LogP contribution in [-0.2, 0) is 14.9 Å². The van der Waals surface area contributed by atoms with Gasteiger partial charge in [-0.3, -0.25) is 14.9 Å². The summed E-state index contributed by atoms with van der Waals surface area (Å²) in [5.74, 6) is -0.838. The van der Waals surface area contributed by atoms with Gasteiger partial charge in [-0.05, 0) is 47.9 Å². The largest absolute Gasteiger partial charge is 0.378 e. The number of rotatable bonds is 7. The molecule has 1 N–H and O–H groups in total. The molecule has 0 aliphatic heterocycles. The zero-order chi connectivity index (χ0) is 26.6. The zero-order valence-corrected chi connectivity index (χ0v) is 21.2. The number of nitrogens with one attached hydrogen (secondary N) is 1. The van der Waals surface area contributed by atoms with E-state index in [0.717, 1.165) is 35.0 Å². The molecule has 0 fully saturated rings. The lowest BCUT2D eigenvalue weighted by atomic mass is 10.1. The molecule has 0 unspecified atom stereocenters. The molecule has 4 aromatic carbocycles. The molecule has 11 heteroatoms. The molecule has 184 valence electrons. The summed E-state index contributed by atoms with van der Waals surface area (Å²) < 4.78 is 31.4. The van der Waals surface area contributed by atoms with E-state index in [-0.39, 0.29) is 27.5 Å². The van der Waals surface area contributed by atoms with Crippen molar-refractivity contribution in [2.45, 2.75) is 4.90 Å². The van der Waals surface area contributed by atoms with Crippen LogP contribution in [0.2, 0.25) is 0 Å². The maximum absolute atomic E-state index is 13.0. The van der Waals surface area contributed by atoms with Gasteiger partial charge < -0.3 is 9.50 Å². The van der Waals surface area contributed by atoms with Crippen molar-refractivity contribution in [3.8, 4) is 11.8 Å². The Morgan fingerprint density at radius 2 is 1.73 bits per heavy atom. The highest BCUT2D eigenvalue weighted by Gasteiger charge is 2.21. The Balaban J connectivity index is 1.65. The molecule has 0 radical (unpaired) electrons. The van der Waals surface area contributed by atoms with Gasteiger partial charge in [0.2, 0.25) is 0 Å². The van der Waals surface area contributed by atoms with E-state index in [1.54, 1.807) is 12.1 Å². The minimum atomic E-state index is -4.38. The third kappa shape index (κ3) is 5.83. The maximum atomic E-state index is 13.0. The van der Waals surface area contributed by atoms with Gasteiger partial charge in [-0.15, -0.1) is 0 Å². The van der Waals surface area contributed by atoms with Gasteiger partial charge >= 0.3 is 10.1 Å². The second-order valence-electron chi connectivity index (χ2n) is 7.62. The van der Waals surface area contributed by atoms with E-state index in [4.69, 9.17) is 4.18 Å². The molecule has 0 saturated heterocycles. The fourth-order valence-electron chi connectivity index (χ4n) is 3.44. The number of amides is 1. The number of hydrogen-bond acceptors (Lipinski definition) is 7. The second-order valence-corrected chi connectivity index (χ2v) is 10.1. The SMILES string of the molecule is N#C/C(=C\c1cc(Br)ccc1OS(=O)(=O)c1ccc([N+](=O)[O-])cc1)C(=O)Nc1cccc2ccccc12. The number of nitrogens with zero attached hydrogens (tertiary/aromatic N) is 2. The van der Waals surface area contributed by atoms with Crippen LogP contribution in [0, 0.1) is 21.4 Å². The zero-order valence-electron chi connectivity index (χ0n) is 18.8. The van der Waals surface area contributed by atoms with Gasteiger partial charge in [-0.25, -0.2) is 0 Å². The molecule has 0 spiro atoms. The van der Waals surface area contributed by atoms with Crippen LogP contribution in [0.3, 0.4) is 0 Å². The number of non-ortho nitro benzene ring substituents is 1. The van der Waals surface area contributed by atoms with Crippen LogP contribution in [0.25, 0.3) is 16.8 Å². The van der Waals surface area contributed by atoms with Crippen molar-refractivity contribution in [2.24, 2.45) is 0 Å². The molecule has 4 aromatic rings. The number of nitro benzene ring substituents is 1. The monoisotopic (exact) mass is 577 g/mol. The van der Waals surface area contributed by atoms with E-state index < -0.39 is 20.9 Å². The van der Waals surface area contributed by atoms with Gasteiger partial charge in [0, 0.05) is 33.2 Å². The average Bonchev–Trinajstić information content (AvgIpc) is 2.88. The van der Waals surface area contributed by atoms with Crippen molar-refractivity contribution in [1.29, 1.82) is 5.26 Å². The Hall–Kier alpha value is -4.53. The Morgan fingerprint density at radius 1 is 1.03 bits per heavy atom. The van der Waals surface area contributed by atoms with E-state index in [9.17, 15) is 28.6 Å². The van der Waals surface area contributed by atoms with Crippen LogP contribution in [0.5, 0.6) is 5.75 Å². The molecule has 0 atom stereocenters. The lowest BCUT2D eigenvalue weighted by molar-refractivity contribution is -0.384. The molecule has 0 aliphatic rings. The van der Waals surface area contributed by atoms with Crippen LogP contribution in [-0.4, -0.2) is 19.2 Å². The summed E-state index contributed by atoms with van der Waals surface area (Å²) in [6.07, 6.45) is 1.21. The quantitative estimate of drug-likeness (QED) is 0.0958. The highest BCUT2D eigenvalue weighted by molar-refractivity contribution is 9.10. The summed E-state index contributed by atoms with van der Waals surface area (Å²) in [7, 11) is -4.38. The Bertz CT molecular complexity index is 1710. The molecule has 0 aromatic heterocycles. The fourth-order valence-corrected chi connectivity index (χ4v) is 4.77. The molecule has 37 heavy (non-hydrogen) atoms. The molecule has 0 saturated carbocycles. The molecule has 0 heterocycles. The van der Waals surface area contributed by atoms with Crippen LogP contribution in [0.1, 0.15) is 5.56 Å². The minimum Gasteiger partial charge on any atom is -0.378 e. The van der Waals surface area contributed by atoms with E-state index >= 15 is 0 Å². The van der Waals surface area contributed by atoms with Crippen molar-refractivity contribution >= 4 is 60.2 Å². The molecule has 1 amide bonds. The number of nitro groups is 1. The van der Waals surface area contributed by atoms with E-state index in [1.165, 1.54) is 24.3 Å². The van der Waals surface area contributed by atoms with Gasteiger partial charge in [-0.1, -0.05) is 52.3 Å². The Morgan fingerprint density at radius 3 is 2.43 bits per heavy atom. The van der Waals surface area contributed by atoms with Crippen LogP contribution < -0.4 is 9.50 Å². The lowest BCUT2D eigenvalue weighted by Gasteiger charge is -2.11. The van der Waals surface area contributed by atoms with Gasteiger partial charge in [-0.2, -0.15) is 13.7 Å².